The first-order valence-corrected chi connectivity index (χ1v) is 27.0. The molecular weight excluding hydrogens is 859 g/mol. The maximum absolute atomic E-state index is 15.3. The van der Waals surface area contributed by atoms with Gasteiger partial charge in [0.1, 0.15) is 17.2 Å². The predicted molar refractivity (Wildman–Crippen MR) is 254 cm³/mol. The Morgan fingerprint density at radius 1 is 0.788 bits per heavy atom. The predicted octanol–water partition coefficient (Wildman–Crippen LogP) is 6.56. The van der Waals surface area contributed by atoms with Crippen molar-refractivity contribution in [2.45, 2.75) is 105 Å². The fourth-order valence-corrected chi connectivity index (χ4v) is 14.9. The van der Waals surface area contributed by atoms with Crippen LogP contribution in [0.1, 0.15) is 88.2 Å². The minimum Gasteiger partial charge on any atom is -0.469 e. The minimum atomic E-state index is -3.71. The molecule has 7 fully saturated rings. The van der Waals surface area contributed by atoms with Crippen LogP contribution in [-0.4, -0.2) is 161 Å². The number of esters is 1. The largest absolute Gasteiger partial charge is 0.469 e. The van der Waals surface area contributed by atoms with Gasteiger partial charge in [-0.2, -0.15) is 0 Å². The van der Waals surface area contributed by atoms with Crippen LogP contribution < -0.4 is 4.90 Å². The summed E-state index contributed by atoms with van der Waals surface area (Å²) in [5.74, 6) is 0.854. The summed E-state index contributed by atoms with van der Waals surface area (Å²) in [6.07, 6.45) is 15.5. The lowest BCUT2D eigenvalue weighted by molar-refractivity contribution is -0.142. The number of hydrogen-bond donors (Lipinski definition) is 0. The SMILES string of the molecule is COC(=O)C[C@H]1CCC[C@@H]1[C@](CN1CCCCC1)(c1cccc(F)c1)C1CCN(CC2CN(c3ccc(S(=O)(=O)C4CN(C(=O)/C=C/CN5CCCCC5)C4)c(CN4CC(F)C4)c3)C2)CC1. The van der Waals surface area contributed by atoms with Gasteiger partial charge in [-0.1, -0.05) is 37.5 Å². The third-order valence-electron chi connectivity index (χ3n) is 16.8. The standard InChI is InChI=1S/C52H74F2N6O5S/c1-65-51(62)28-40-11-8-14-48(40)52(38-57-22-6-3-7-23-57,43-12-9-13-44(53)29-43)42-18-25-56(26-19-42)30-39-31-59(32-39)46-16-17-49(41(27-46)33-58-34-45(54)35-58)66(63,64)47-36-60(37-47)50(61)15-10-24-55-20-4-2-5-21-55/h9-10,12-13,15-17,27,29,39-40,42,45,47-48H,2-8,11,14,18-26,28,30-38H2,1H3/b15-10+/t40-,48+,52+/m1/s1. The van der Waals surface area contributed by atoms with E-state index >= 15 is 4.39 Å². The quantitative estimate of drug-likeness (QED) is 0.128. The molecule has 66 heavy (non-hydrogen) atoms. The van der Waals surface area contributed by atoms with Gasteiger partial charge in [-0.25, -0.2) is 17.2 Å². The normalized spacial score (nSPS) is 26.0. The first-order chi connectivity index (χ1) is 32.0. The number of carbonyl (C=O) groups excluding carboxylic acids is 2. The number of piperidine rings is 3. The van der Waals surface area contributed by atoms with Crippen LogP contribution in [-0.2, 0) is 36.1 Å². The highest BCUT2D eigenvalue weighted by molar-refractivity contribution is 7.92. The monoisotopic (exact) mass is 933 g/mol. The second-order valence-corrected chi connectivity index (χ2v) is 23.3. The molecule has 0 spiro atoms. The molecule has 2 aromatic rings. The van der Waals surface area contributed by atoms with Crippen LogP contribution in [0.15, 0.2) is 59.5 Å². The van der Waals surface area contributed by atoms with Crippen LogP contribution >= 0.6 is 0 Å². The van der Waals surface area contributed by atoms with Gasteiger partial charge in [-0.15, -0.1) is 0 Å². The fourth-order valence-electron chi connectivity index (χ4n) is 13.1. The van der Waals surface area contributed by atoms with Gasteiger partial charge in [0.2, 0.25) is 5.91 Å². The molecule has 1 aliphatic carbocycles. The second-order valence-electron chi connectivity index (χ2n) is 21.1. The van der Waals surface area contributed by atoms with Crippen molar-refractivity contribution in [2.75, 3.05) is 110 Å². The molecule has 1 amide bonds. The van der Waals surface area contributed by atoms with Gasteiger partial charge in [0.25, 0.3) is 0 Å². The molecule has 362 valence electrons. The number of likely N-dealkylation sites (tertiary alicyclic amines) is 5. The average molecular weight is 933 g/mol. The van der Waals surface area contributed by atoms with Crippen LogP contribution in [0.4, 0.5) is 14.5 Å². The summed E-state index contributed by atoms with van der Waals surface area (Å²) in [6, 6.07) is 13.1. The molecule has 7 aliphatic rings. The summed E-state index contributed by atoms with van der Waals surface area (Å²) in [5, 5.41) is -0.660. The highest BCUT2D eigenvalue weighted by Crippen LogP contribution is 2.54. The Balaban J connectivity index is 0.838. The van der Waals surface area contributed by atoms with E-state index in [9.17, 15) is 22.4 Å². The average Bonchev–Trinajstić information content (AvgIpc) is 3.74. The Bertz CT molecular complexity index is 2120. The van der Waals surface area contributed by atoms with E-state index in [1.807, 2.05) is 35.2 Å². The van der Waals surface area contributed by atoms with Crippen molar-refractivity contribution in [1.82, 2.24) is 24.5 Å². The molecule has 0 bridgehead atoms. The van der Waals surface area contributed by atoms with Gasteiger partial charge in [0.05, 0.1) is 12.0 Å². The van der Waals surface area contributed by atoms with Crippen LogP contribution in [0.25, 0.3) is 0 Å². The van der Waals surface area contributed by atoms with Crippen LogP contribution in [0.3, 0.4) is 0 Å². The lowest BCUT2D eigenvalue weighted by atomic mass is 9.56. The Labute approximate surface area is 392 Å². The number of alkyl halides is 1. The van der Waals surface area contributed by atoms with Gasteiger partial charge >= 0.3 is 5.97 Å². The van der Waals surface area contributed by atoms with E-state index < -0.39 is 21.3 Å². The summed E-state index contributed by atoms with van der Waals surface area (Å²) in [7, 11) is -2.23. The number of nitrogens with zero attached hydrogens (tertiary/aromatic N) is 6. The van der Waals surface area contributed by atoms with Gasteiger partial charge in [0, 0.05) is 95.0 Å². The number of methoxy groups -OCH3 is 1. The van der Waals surface area contributed by atoms with E-state index in [1.54, 1.807) is 23.1 Å². The Hall–Kier alpha value is -3.43. The molecular formula is C52H74F2N6O5S. The van der Waals surface area contributed by atoms with Gasteiger partial charge in [-0.3, -0.25) is 19.4 Å². The third-order valence-corrected chi connectivity index (χ3v) is 18.9. The first kappa shape index (κ1) is 47.6. The van der Waals surface area contributed by atoms with Gasteiger partial charge in [0.15, 0.2) is 9.84 Å². The minimum absolute atomic E-state index is 0.139. The van der Waals surface area contributed by atoms with E-state index in [0.29, 0.717) is 48.3 Å². The molecule has 14 heteroatoms. The molecule has 9 rings (SSSR count). The topological polar surface area (TPSA) is 96.9 Å². The van der Waals surface area contributed by atoms with Crippen molar-refractivity contribution >= 4 is 27.4 Å². The zero-order valence-corrected chi connectivity index (χ0v) is 40.2. The van der Waals surface area contributed by atoms with E-state index in [-0.39, 0.29) is 48.0 Å². The summed E-state index contributed by atoms with van der Waals surface area (Å²) in [5.41, 5.74) is 2.55. The number of halogens is 2. The molecule has 2 aromatic carbocycles. The van der Waals surface area contributed by atoms with E-state index in [0.717, 1.165) is 115 Å². The molecule has 0 unspecified atom stereocenters. The van der Waals surface area contributed by atoms with Crippen molar-refractivity contribution in [3.8, 4) is 0 Å². The lowest BCUT2D eigenvalue weighted by Gasteiger charge is -2.53. The summed E-state index contributed by atoms with van der Waals surface area (Å²) >= 11 is 0. The highest BCUT2D eigenvalue weighted by Gasteiger charge is 2.53. The van der Waals surface area contributed by atoms with Crippen molar-refractivity contribution in [2.24, 2.45) is 23.7 Å². The molecule has 0 radical (unpaired) electrons. The lowest BCUT2D eigenvalue weighted by Crippen LogP contribution is -2.57. The Kier molecular flexibility index (Phi) is 15.2. The first-order valence-electron chi connectivity index (χ1n) is 25.4. The number of hydrogen-bond acceptors (Lipinski definition) is 10. The van der Waals surface area contributed by atoms with Gasteiger partial charge < -0.3 is 24.3 Å². The number of benzene rings is 2. The van der Waals surface area contributed by atoms with E-state index in [4.69, 9.17) is 4.74 Å². The molecule has 0 aromatic heterocycles. The number of rotatable bonds is 17. The summed E-state index contributed by atoms with van der Waals surface area (Å²) < 4.78 is 62.7. The maximum atomic E-state index is 15.3. The zero-order valence-electron chi connectivity index (χ0n) is 39.3. The molecule has 6 aliphatic heterocycles. The number of anilines is 1. The third kappa shape index (κ3) is 10.6. The van der Waals surface area contributed by atoms with E-state index in [2.05, 4.69) is 25.7 Å². The van der Waals surface area contributed by atoms with Crippen molar-refractivity contribution in [1.29, 1.82) is 0 Å². The maximum Gasteiger partial charge on any atom is 0.305 e. The van der Waals surface area contributed by atoms with Crippen LogP contribution in [0.2, 0.25) is 0 Å². The molecule has 0 N–H and O–H groups in total. The molecule has 3 atom stereocenters. The van der Waals surface area contributed by atoms with Crippen LogP contribution in [0, 0.1) is 29.5 Å². The van der Waals surface area contributed by atoms with Crippen molar-refractivity contribution in [3.05, 3.63) is 71.6 Å². The second kappa shape index (κ2) is 21.1. The number of carbonyl (C=O) groups is 2. The highest BCUT2D eigenvalue weighted by atomic mass is 32.2. The van der Waals surface area contributed by atoms with Crippen molar-refractivity contribution in [3.63, 3.8) is 0 Å². The Morgan fingerprint density at radius 2 is 1.50 bits per heavy atom. The summed E-state index contributed by atoms with van der Waals surface area (Å²) in [6.45, 7) is 11.9. The smallest absolute Gasteiger partial charge is 0.305 e. The summed E-state index contributed by atoms with van der Waals surface area (Å²) in [4.78, 5) is 39.5. The number of ether oxygens (including phenoxy) is 1. The number of sulfone groups is 1. The van der Waals surface area contributed by atoms with Crippen molar-refractivity contribution < 1.29 is 31.5 Å². The zero-order chi connectivity index (χ0) is 45.8. The van der Waals surface area contributed by atoms with E-state index in [1.165, 1.54) is 45.6 Å². The molecule has 6 heterocycles. The molecule has 11 nitrogen and oxygen atoms in total. The Morgan fingerprint density at radius 3 is 2.18 bits per heavy atom. The van der Waals surface area contributed by atoms with Crippen LogP contribution in [0.5, 0.6) is 0 Å². The van der Waals surface area contributed by atoms with Gasteiger partial charge in [-0.05, 0) is 150 Å². The molecule has 1 saturated carbocycles. The fraction of sp³-hybridized carbons (Fsp3) is 0.692. The molecule has 6 saturated heterocycles. The number of amides is 1.